The van der Waals surface area contributed by atoms with E-state index in [1.807, 2.05) is 11.0 Å². The van der Waals surface area contributed by atoms with Gasteiger partial charge in [0.05, 0.1) is 0 Å². The molecule has 17 heavy (non-hydrogen) atoms. The molecule has 1 aliphatic rings. The first kappa shape index (κ1) is 12.2. The lowest BCUT2D eigenvalue weighted by Gasteiger charge is -2.17. The number of halogens is 1. The van der Waals surface area contributed by atoms with Gasteiger partial charge in [0.15, 0.2) is 0 Å². The minimum absolute atomic E-state index is 0.218. The molecule has 2 rings (SSSR count). The topological polar surface area (TPSA) is 46.3 Å². The average molecular weight is 253 g/mol. The Morgan fingerprint density at radius 2 is 2.29 bits per heavy atom. The SMILES string of the molecule is CCC1CC(=O)N(Cc2cc(N)ccc2Cl)C1. The van der Waals surface area contributed by atoms with Crippen molar-refractivity contribution in [3.8, 4) is 0 Å². The smallest absolute Gasteiger partial charge is 0.223 e. The highest BCUT2D eigenvalue weighted by atomic mass is 35.5. The van der Waals surface area contributed by atoms with Crippen LogP contribution in [-0.4, -0.2) is 17.4 Å². The van der Waals surface area contributed by atoms with Crippen LogP contribution in [0.3, 0.4) is 0 Å². The molecule has 1 fully saturated rings. The highest BCUT2D eigenvalue weighted by Gasteiger charge is 2.28. The zero-order valence-corrected chi connectivity index (χ0v) is 10.7. The summed E-state index contributed by atoms with van der Waals surface area (Å²) in [6.45, 7) is 3.52. The van der Waals surface area contributed by atoms with Gasteiger partial charge in [0, 0.05) is 30.2 Å². The predicted molar refractivity (Wildman–Crippen MR) is 69.7 cm³/mol. The van der Waals surface area contributed by atoms with Crippen LogP contribution in [0.15, 0.2) is 18.2 Å². The van der Waals surface area contributed by atoms with Gasteiger partial charge in [-0.2, -0.15) is 0 Å². The van der Waals surface area contributed by atoms with E-state index in [2.05, 4.69) is 6.92 Å². The van der Waals surface area contributed by atoms with Gasteiger partial charge in [-0.05, 0) is 29.7 Å². The number of hydrogen-bond acceptors (Lipinski definition) is 2. The van der Waals surface area contributed by atoms with Crippen LogP contribution >= 0.6 is 11.6 Å². The quantitative estimate of drug-likeness (QED) is 0.841. The summed E-state index contributed by atoms with van der Waals surface area (Å²) in [5.41, 5.74) is 7.34. The van der Waals surface area contributed by atoms with E-state index in [-0.39, 0.29) is 5.91 Å². The lowest BCUT2D eigenvalue weighted by atomic mass is 10.1. The number of rotatable bonds is 3. The highest BCUT2D eigenvalue weighted by Crippen LogP contribution is 2.26. The Bertz CT molecular complexity index is 433. The average Bonchev–Trinajstić information content (AvgIpc) is 2.65. The summed E-state index contributed by atoms with van der Waals surface area (Å²) < 4.78 is 0. The number of carbonyl (C=O) groups is 1. The van der Waals surface area contributed by atoms with Gasteiger partial charge in [0.25, 0.3) is 0 Å². The van der Waals surface area contributed by atoms with Crippen molar-refractivity contribution in [1.29, 1.82) is 0 Å². The zero-order chi connectivity index (χ0) is 12.4. The van der Waals surface area contributed by atoms with Crippen LogP contribution in [0, 0.1) is 5.92 Å². The van der Waals surface area contributed by atoms with Crippen molar-refractivity contribution in [2.24, 2.45) is 5.92 Å². The Kier molecular flexibility index (Phi) is 3.57. The van der Waals surface area contributed by atoms with Crippen molar-refractivity contribution in [2.75, 3.05) is 12.3 Å². The summed E-state index contributed by atoms with van der Waals surface area (Å²) in [5.74, 6) is 0.706. The van der Waals surface area contributed by atoms with Crippen LogP contribution < -0.4 is 5.73 Å². The first-order valence-electron chi connectivity index (χ1n) is 5.91. The van der Waals surface area contributed by atoms with Gasteiger partial charge in [-0.15, -0.1) is 0 Å². The molecule has 3 nitrogen and oxygen atoms in total. The standard InChI is InChI=1S/C13H17ClN2O/c1-2-9-5-13(17)16(7-9)8-10-6-11(15)3-4-12(10)14/h3-4,6,9H,2,5,7-8,15H2,1H3. The molecule has 1 atom stereocenters. The summed E-state index contributed by atoms with van der Waals surface area (Å²) in [5, 5.41) is 0.673. The fraction of sp³-hybridized carbons (Fsp3) is 0.462. The van der Waals surface area contributed by atoms with Gasteiger partial charge in [-0.1, -0.05) is 24.9 Å². The van der Waals surface area contributed by atoms with Crippen molar-refractivity contribution in [3.05, 3.63) is 28.8 Å². The number of benzene rings is 1. The number of anilines is 1. The second-order valence-electron chi connectivity index (χ2n) is 4.60. The summed E-state index contributed by atoms with van der Waals surface area (Å²) in [4.78, 5) is 13.7. The fourth-order valence-corrected chi connectivity index (χ4v) is 2.38. The molecule has 0 saturated carbocycles. The number of amides is 1. The Morgan fingerprint density at radius 1 is 1.53 bits per heavy atom. The van der Waals surface area contributed by atoms with E-state index >= 15 is 0 Å². The molecule has 1 aliphatic heterocycles. The summed E-state index contributed by atoms with van der Waals surface area (Å²) >= 11 is 6.10. The van der Waals surface area contributed by atoms with E-state index < -0.39 is 0 Å². The maximum atomic E-state index is 11.8. The maximum absolute atomic E-state index is 11.8. The van der Waals surface area contributed by atoms with E-state index in [4.69, 9.17) is 17.3 Å². The lowest BCUT2D eigenvalue weighted by molar-refractivity contribution is -0.128. The molecule has 2 N–H and O–H groups in total. The second-order valence-corrected chi connectivity index (χ2v) is 5.01. The molecule has 0 aromatic heterocycles. The molecule has 1 heterocycles. The molecule has 4 heteroatoms. The van der Waals surface area contributed by atoms with Crippen LogP contribution in [0.2, 0.25) is 5.02 Å². The number of nitrogens with two attached hydrogens (primary N) is 1. The number of hydrogen-bond donors (Lipinski definition) is 1. The number of nitrogen functional groups attached to an aromatic ring is 1. The molecule has 0 bridgehead atoms. The number of likely N-dealkylation sites (tertiary alicyclic amines) is 1. The third-order valence-electron chi connectivity index (χ3n) is 3.30. The molecule has 1 aromatic rings. The van der Waals surface area contributed by atoms with Crippen molar-refractivity contribution >= 4 is 23.2 Å². The Balaban J connectivity index is 2.11. The van der Waals surface area contributed by atoms with Gasteiger partial charge >= 0.3 is 0 Å². The lowest BCUT2D eigenvalue weighted by Crippen LogP contribution is -2.24. The molecule has 0 aliphatic carbocycles. The van der Waals surface area contributed by atoms with Crippen molar-refractivity contribution in [1.82, 2.24) is 4.90 Å². The molecular formula is C13H17ClN2O. The number of carbonyl (C=O) groups excluding carboxylic acids is 1. The van der Waals surface area contributed by atoms with Crippen molar-refractivity contribution < 1.29 is 4.79 Å². The van der Waals surface area contributed by atoms with Gasteiger partial charge in [0.1, 0.15) is 0 Å². The third-order valence-corrected chi connectivity index (χ3v) is 3.67. The fourth-order valence-electron chi connectivity index (χ4n) is 2.20. The molecule has 1 aromatic carbocycles. The van der Waals surface area contributed by atoms with E-state index in [0.717, 1.165) is 18.5 Å². The van der Waals surface area contributed by atoms with Crippen LogP contribution in [0.1, 0.15) is 25.3 Å². The van der Waals surface area contributed by atoms with E-state index in [1.54, 1.807) is 12.1 Å². The minimum atomic E-state index is 0.218. The third kappa shape index (κ3) is 2.72. The summed E-state index contributed by atoms with van der Waals surface area (Å²) in [6.07, 6.45) is 1.71. The molecule has 0 spiro atoms. The first-order chi connectivity index (χ1) is 8.10. The summed E-state index contributed by atoms with van der Waals surface area (Å²) in [6, 6.07) is 5.39. The highest BCUT2D eigenvalue weighted by molar-refractivity contribution is 6.31. The first-order valence-corrected chi connectivity index (χ1v) is 6.29. The van der Waals surface area contributed by atoms with Crippen LogP contribution in [0.25, 0.3) is 0 Å². The molecule has 1 saturated heterocycles. The maximum Gasteiger partial charge on any atom is 0.223 e. The van der Waals surface area contributed by atoms with Gasteiger partial charge < -0.3 is 10.6 Å². The van der Waals surface area contributed by atoms with Gasteiger partial charge in [0.2, 0.25) is 5.91 Å². The van der Waals surface area contributed by atoms with E-state index in [1.165, 1.54) is 0 Å². The van der Waals surface area contributed by atoms with Crippen LogP contribution in [-0.2, 0) is 11.3 Å². The molecule has 92 valence electrons. The zero-order valence-electron chi connectivity index (χ0n) is 9.95. The van der Waals surface area contributed by atoms with Crippen LogP contribution in [0.4, 0.5) is 5.69 Å². The van der Waals surface area contributed by atoms with E-state index in [0.29, 0.717) is 29.6 Å². The van der Waals surface area contributed by atoms with Gasteiger partial charge in [-0.3, -0.25) is 4.79 Å². The van der Waals surface area contributed by atoms with Crippen molar-refractivity contribution in [2.45, 2.75) is 26.3 Å². The largest absolute Gasteiger partial charge is 0.399 e. The Labute approximate surface area is 107 Å². The molecule has 1 unspecified atom stereocenters. The van der Waals surface area contributed by atoms with Crippen LogP contribution in [0.5, 0.6) is 0 Å². The molecular weight excluding hydrogens is 236 g/mol. The predicted octanol–water partition coefficient (Wildman–Crippen LogP) is 2.68. The Hall–Kier alpha value is -1.22. The number of nitrogens with zero attached hydrogens (tertiary/aromatic N) is 1. The monoisotopic (exact) mass is 252 g/mol. The van der Waals surface area contributed by atoms with Crippen molar-refractivity contribution in [3.63, 3.8) is 0 Å². The Morgan fingerprint density at radius 3 is 2.94 bits per heavy atom. The second kappa shape index (κ2) is 4.96. The van der Waals surface area contributed by atoms with E-state index in [9.17, 15) is 4.79 Å². The minimum Gasteiger partial charge on any atom is -0.399 e. The molecule has 0 radical (unpaired) electrons. The normalized spacial score (nSPS) is 20.0. The summed E-state index contributed by atoms with van der Waals surface area (Å²) in [7, 11) is 0. The van der Waals surface area contributed by atoms with Gasteiger partial charge in [-0.25, -0.2) is 0 Å². The molecule has 1 amide bonds.